The number of piperidine rings is 1. The van der Waals surface area contributed by atoms with Gasteiger partial charge in [0.15, 0.2) is 5.75 Å². The minimum absolute atomic E-state index is 0.0624. The van der Waals surface area contributed by atoms with Crippen molar-refractivity contribution in [2.45, 2.75) is 56.5 Å². The Morgan fingerprint density at radius 2 is 2.00 bits per heavy atom. The van der Waals surface area contributed by atoms with E-state index in [1.807, 2.05) is 0 Å². The van der Waals surface area contributed by atoms with E-state index in [1.54, 1.807) is 0 Å². The van der Waals surface area contributed by atoms with Crippen molar-refractivity contribution < 1.29 is 18.3 Å². The normalized spacial score (nSPS) is 27.3. The summed E-state index contributed by atoms with van der Waals surface area (Å²) in [5.41, 5.74) is 0.0624. The molecule has 1 saturated heterocycles. The molecule has 1 aliphatic heterocycles. The first-order chi connectivity index (χ1) is 8.91. The predicted molar refractivity (Wildman–Crippen MR) is 71.4 cm³/mol. The molecule has 1 heterocycles. The van der Waals surface area contributed by atoms with Crippen LogP contribution in [-0.2, 0) is 14.8 Å². The highest BCUT2D eigenvalue weighted by Gasteiger charge is 2.38. The Hall–Kier alpha value is -0.660. The maximum atomic E-state index is 11.7. The summed E-state index contributed by atoms with van der Waals surface area (Å²) in [4.78, 5) is 10.5. The average molecular weight is 290 g/mol. The molecule has 2 rings (SSSR count). The summed E-state index contributed by atoms with van der Waals surface area (Å²) in [5.74, 6) is -2.15. The highest BCUT2D eigenvalue weighted by molar-refractivity contribution is 7.90. The number of hydrogen-bond acceptors (Lipinski definition) is 4. The summed E-state index contributed by atoms with van der Waals surface area (Å²) in [6.07, 6.45) is 7.28. The molecule has 0 aromatic heterocycles. The van der Waals surface area contributed by atoms with Gasteiger partial charge in [-0.05, 0) is 32.2 Å². The van der Waals surface area contributed by atoms with Crippen LogP contribution in [0.25, 0.3) is 0 Å². The summed E-state index contributed by atoms with van der Waals surface area (Å²) in [6.45, 7) is 0.792. The zero-order chi connectivity index (χ0) is 13.9. The zero-order valence-corrected chi connectivity index (χ0v) is 11.8. The Labute approximate surface area is 114 Å². The van der Waals surface area contributed by atoms with Gasteiger partial charge in [0.2, 0.25) is 10.0 Å². The molecule has 0 bridgehead atoms. The van der Waals surface area contributed by atoms with Crippen LogP contribution in [0.3, 0.4) is 0 Å². The molecule has 1 saturated carbocycles. The zero-order valence-electron chi connectivity index (χ0n) is 11.0. The van der Waals surface area contributed by atoms with Crippen LogP contribution >= 0.6 is 0 Å². The smallest absolute Gasteiger partial charge is 0.320 e. The Morgan fingerprint density at radius 3 is 2.63 bits per heavy atom. The molecule has 19 heavy (non-hydrogen) atoms. The van der Waals surface area contributed by atoms with E-state index in [4.69, 9.17) is 5.11 Å². The molecule has 0 aromatic rings. The second kappa shape index (κ2) is 5.76. The molecule has 7 heteroatoms. The van der Waals surface area contributed by atoms with Gasteiger partial charge in [0.1, 0.15) is 0 Å². The molecule has 6 nitrogen and oxygen atoms in total. The number of nitrogens with one attached hydrogen (secondary N) is 2. The summed E-state index contributed by atoms with van der Waals surface area (Å²) >= 11 is 0. The minimum atomic E-state index is -3.71. The van der Waals surface area contributed by atoms with E-state index in [2.05, 4.69) is 10.0 Å². The highest BCUT2D eigenvalue weighted by atomic mass is 32.2. The third-order valence-corrected chi connectivity index (χ3v) is 5.42. The molecule has 3 N–H and O–H groups in total. The summed E-state index contributed by atoms with van der Waals surface area (Å²) in [6, 6.07) is -0.135. The van der Waals surface area contributed by atoms with E-state index in [1.165, 1.54) is 19.3 Å². The van der Waals surface area contributed by atoms with E-state index in [0.717, 1.165) is 32.2 Å². The predicted octanol–water partition coefficient (Wildman–Crippen LogP) is 0.445. The lowest BCUT2D eigenvalue weighted by atomic mass is 9.75. The van der Waals surface area contributed by atoms with Crippen molar-refractivity contribution in [2.24, 2.45) is 0 Å². The van der Waals surface area contributed by atoms with Crippen LogP contribution in [0.4, 0.5) is 0 Å². The van der Waals surface area contributed by atoms with Crippen molar-refractivity contribution in [3.63, 3.8) is 0 Å². The topological polar surface area (TPSA) is 95.5 Å². The van der Waals surface area contributed by atoms with Gasteiger partial charge < -0.3 is 10.4 Å². The monoisotopic (exact) mass is 290 g/mol. The van der Waals surface area contributed by atoms with E-state index in [0.29, 0.717) is 0 Å². The van der Waals surface area contributed by atoms with Crippen molar-refractivity contribution >= 4 is 16.0 Å². The van der Waals surface area contributed by atoms with E-state index in [9.17, 15) is 13.2 Å². The number of carboxylic acids is 1. The fourth-order valence-corrected chi connectivity index (χ4v) is 4.44. The van der Waals surface area contributed by atoms with E-state index < -0.39 is 21.7 Å². The molecular formula is C12H22N2O4S. The van der Waals surface area contributed by atoms with Gasteiger partial charge in [-0.3, -0.25) is 4.79 Å². The van der Waals surface area contributed by atoms with Crippen LogP contribution in [-0.4, -0.2) is 43.4 Å². The van der Waals surface area contributed by atoms with Gasteiger partial charge in [0.05, 0.1) is 0 Å². The molecule has 2 aliphatic rings. The van der Waals surface area contributed by atoms with Crippen LogP contribution in [0.1, 0.15) is 44.9 Å². The second-order valence-electron chi connectivity index (χ2n) is 5.73. The van der Waals surface area contributed by atoms with Gasteiger partial charge in [0, 0.05) is 11.6 Å². The number of hydrogen-bond donors (Lipinski definition) is 3. The lowest BCUT2D eigenvalue weighted by Crippen LogP contribution is -2.57. The number of sulfonamides is 1. The number of rotatable bonds is 4. The third-order valence-electron chi connectivity index (χ3n) is 4.10. The van der Waals surface area contributed by atoms with Crippen LogP contribution in [0.2, 0.25) is 0 Å². The standard InChI is InChI=1S/C12H22N2O4S/c15-11(16)9-19(17,18)14-10-4-7-13-12(8-10)5-2-1-3-6-12/h10,13-14H,1-9H2,(H,15,16). The SMILES string of the molecule is O=C(O)CS(=O)(=O)NC1CCNC2(CCCCC2)C1. The molecule has 1 atom stereocenters. The number of carbonyl (C=O) groups is 1. The van der Waals surface area contributed by atoms with Crippen LogP contribution < -0.4 is 10.0 Å². The van der Waals surface area contributed by atoms with Crippen molar-refractivity contribution in [3.05, 3.63) is 0 Å². The summed E-state index contributed by atoms with van der Waals surface area (Å²) in [5, 5.41) is 12.1. The number of aliphatic carboxylic acids is 1. The molecule has 1 unspecified atom stereocenters. The molecular weight excluding hydrogens is 268 g/mol. The molecule has 0 radical (unpaired) electrons. The minimum Gasteiger partial charge on any atom is -0.480 e. The van der Waals surface area contributed by atoms with Crippen LogP contribution in [0.15, 0.2) is 0 Å². The molecule has 0 amide bonds. The molecule has 1 aliphatic carbocycles. The first-order valence-corrected chi connectivity index (χ1v) is 8.53. The van der Waals surface area contributed by atoms with Gasteiger partial charge in [-0.2, -0.15) is 0 Å². The second-order valence-corrected chi connectivity index (χ2v) is 7.48. The van der Waals surface area contributed by atoms with Crippen LogP contribution in [0, 0.1) is 0 Å². The highest BCUT2D eigenvalue weighted by Crippen LogP contribution is 2.34. The van der Waals surface area contributed by atoms with Gasteiger partial charge in [-0.25, -0.2) is 13.1 Å². The first kappa shape index (κ1) is 14.7. The Kier molecular flexibility index (Phi) is 4.47. The summed E-state index contributed by atoms with van der Waals surface area (Å²) in [7, 11) is -3.71. The van der Waals surface area contributed by atoms with Crippen molar-refractivity contribution in [1.82, 2.24) is 10.0 Å². The molecule has 1 spiro atoms. The van der Waals surface area contributed by atoms with Crippen molar-refractivity contribution in [3.8, 4) is 0 Å². The van der Waals surface area contributed by atoms with Gasteiger partial charge in [-0.15, -0.1) is 0 Å². The summed E-state index contributed by atoms with van der Waals surface area (Å²) < 4.78 is 25.9. The van der Waals surface area contributed by atoms with Gasteiger partial charge in [0.25, 0.3) is 0 Å². The largest absolute Gasteiger partial charge is 0.480 e. The molecule has 2 fully saturated rings. The fraction of sp³-hybridized carbons (Fsp3) is 0.917. The van der Waals surface area contributed by atoms with Crippen LogP contribution in [0.5, 0.6) is 0 Å². The lowest BCUT2D eigenvalue weighted by molar-refractivity contribution is -0.134. The molecule has 0 aromatic carbocycles. The Bertz CT molecular complexity index is 424. The van der Waals surface area contributed by atoms with E-state index >= 15 is 0 Å². The lowest BCUT2D eigenvalue weighted by Gasteiger charge is -2.44. The maximum Gasteiger partial charge on any atom is 0.320 e. The number of carboxylic acid groups (broad SMARTS) is 1. The maximum absolute atomic E-state index is 11.7. The quantitative estimate of drug-likeness (QED) is 0.698. The van der Waals surface area contributed by atoms with Gasteiger partial charge in [-0.1, -0.05) is 19.3 Å². The average Bonchev–Trinajstić information content (AvgIpc) is 2.27. The van der Waals surface area contributed by atoms with E-state index in [-0.39, 0.29) is 11.6 Å². The third kappa shape index (κ3) is 4.15. The Balaban J connectivity index is 1.96. The first-order valence-electron chi connectivity index (χ1n) is 6.88. The fourth-order valence-electron chi connectivity index (χ4n) is 3.33. The van der Waals surface area contributed by atoms with Crippen molar-refractivity contribution in [1.29, 1.82) is 0 Å². The van der Waals surface area contributed by atoms with Crippen molar-refractivity contribution in [2.75, 3.05) is 12.3 Å². The molecule has 110 valence electrons. The van der Waals surface area contributed by atoms with Gasteiger partial charge >= 0.3 is 5.97 Å². The Morgan fingerprint density at radius 1 is 1.32 bits per heavy atom.